The van der Waals surface area contributed by atoms with E-state index in [0.717, 1.165) is 24.1 Å². The van der Waals surface area contributed by atoms with E-state index in [1.165, 1.54) is 5.57 Å². The van der Waals surface area contributed by atoms with Gasteiger partial charge in [0.25, 0.3) is 0 Å². The Bertz CT molecular complexity index is 442. The summed E-state index contributed by atoms with van der Waals surface area (Å²) >= 11 is 0. The van der Waals surface area contributed by atoms with Crippen molar-refractivity contribution in [3.8, 4) is 0 Å². The number of hydrogen-bond acceptors (Lipinski definition) is 3. The van der Waals surface area contributed by atoms with Gasteiger partial charge in [0, 0.05) is 23.9 Å². The van der Waals surface area contributed by atoms with Crippen LogP contribution in [0.4, 0.5) is 0 Å². The molecular formula is C16H21NO2. The summed E-state index contributed by atoms with van der Waals surface area (Å²) in [4.78, 5) is 4.49. The maximum atomic E-state index is 5.45. The molecule has 0 N–H and O–H groups in total. The highest BCUT2D eigenvalue weighted by Crippen LogP contribution is 2.22. The van der Waals surface area contributed by atoms with Gasteiger partial charge in [0.1, 0.15) is 0 Å². The lowest BCUT2D eigenvalue weighted by molar-refractivity contribution is -0.0443. The van der Waals surface area contributed by atoms with Crippen molar-refractivity contribution >= 4 is 0 Å². The van der Waals surface area contributed by atoms with E-state index in [1.54, 1.807) is 0 Å². The van der Waals surface area contributed by atoms with Crippen molar-refractivity contribution in [1.29, 1.82) is 0 Å². The Morgan fingerprint density at radius 2 is 2.16 bits per heavy atom. The summed E-state index contributed by atoms with van der Waals surface area (Å²) < 4.78 is 10.9. The number of pyridine rings is 1. The first kappa shape index (κ1) is 14.0. The van der Waals surface area contributed by atoms with Crippen molar-refractivity contribution in [2.45, 2.75) is 33.0 Å². The topological polar surface area (TPSA) is 31.4 Å². The molecule has 1 aliphatic heterocycles. The number of aromatic nitrogens is 1. The Morgan fingerprint density at radius 3 is 2.74 bits per heavy atom. The fourth-order valence-corrected chi connectivity index (χ4v) is 2.12. The minimum absolute atomic E-state index is 0.234. The van der Waals surface area contributed by atoms with Gasteiger partial charge in [-0.1, -0.05) is 31.2 Å². The molecular weight excluding hydrogens is 238 g/mol. The van der Waals surface area contributed by atoms with Crippen molar-refractivity contribution < 1.29 is 9.47 Å². The molecule has 0 atom stereocenters. The van der Waals surface area contributed by atoms with E-state index in [1.807, 2.05) is 25.3 Å². The molecule has 1 aliphatic rings. The van der Waals surface area contributed by atoms with Crippen LogP contribution < -0.4 is 0 Å². The van der Waals surface area contributed by atoms with Crippen LogP contribution in [0.5, 0.6) is 0 Å². The quantitative estimate of drug-likeness (QED) is 0.757. The molecule has 2 heterocycles. The lowest BCUT2D eigenvalue weighted by Crippen LogP contribution is -2.00. The minimum atomic E-state index is -0.234. The molecule has 0 spiro atoms. The van der Waals surface area contributed by atoms with Gasteiger partial charge in [-0.05, 0) is 25.0 Å². The average Bonchev–Trinajstić information content (AvgIpc) is 2.94. The highest BCUT2D eigenvalue weighted by molar-refractivity contribution is 5.26. The van der Waals surface area contributed by atoms with E-state index in [4.69, 9.17) is 9.47 Å². The van der Waals surface area contributed by atoms with Crippen molar-refractivity contribution in [2.75, 3.05) is 13.2 Å². The van der Waals surface area contributed by atoms with Gasteiger partial charge in [0.15, 0.2) is 6.29 Å². The van der Waals surface area contributed by atoms with Crippen LogP contribution in [0.3, 0.4) is 0 Å². The van der Waals surface area contributed by atoms with Crippen LogP contribution in [0.25, 0.3) is 0 Å². The smallest absolute Gasteiger partial charge is 0.185 e. The zero-order chi connectivity index (χ0) is 13.5. The molecule has 0 bridgehead atoms. The van der Waals surface area contributed by atoms with E-state index < -0.39 is 0 Å². The number of ether oxygens (including phenoxy) is 2. The van der Waals surface area contributed by atoms with Crippen LogP contribution in [0, 0.1) is 0 Å². The summed E-state index contributed by atoms with van der Waals surface area (Å²) in [5.41, 5.74) is 3.37. The van der Waals surface area contributed by atoms with Gasteiger partial charge in [0.05, 0.1) is 13.2 Å². The summed E-state index contributed by atoms with van der Waals surface area (Å²) in [7, 11) is 0. The van der Waals surface area contributed by atoms with Crippen molar-refractivity contribution in [3.63, 3.8) is 0 Å². The van der Waals surface area contributed by atoms with Gasteiger partial charge < -0.3 is 9.47 Å². The standard InChI is InChI=1S/C16H21NO2/c1-3-5-13(6-4-2)11-15-8-7-14(12-17-15)16-18-9-10-19-16/h3,5-8,12,16H,4,9-11H2,1-2H3/b5-3-,13-6+. The van der Waals surface area contributed by atoms with Gasteiger partial charge >= 0.3 is 0 Å². The van der Waals surface area contributed by atoms with E-state index in [0.29, 0.717) is 13.2 Å². The molecule has 1 aromatic rings. The van der Waals surface area contributed by atoms with E-state index in [2.05, 4.69) is 30.1 Å². The number of nitrogens with zero attached hydrogens (tertiary/aromatic N) is 1. The molecule has 0 amide bonds. The Morgan fingerprint density at radius 1 is 1.37 bits per heavy atom. The second kappa shape index (κ2) is 7.22. The van der Waals surface area contributed by atoms with Gasteiger partial charge in [-0.15, -0.1) is 0 Å². The van der Waals surface area contributed by atoms with Crippen molar-refractivity contribution in [1.82, 2.24) is 4.98 Å². The third-order valence-electron chi connectivity index (χ3n) is 2.97. The molecule has 2 rings (SSSR count). The van der Waals surface area contributed by atoms with Crippen LogP contribution in [0.15, 0.2) is 42.1 Å². The molecule has 0 radical (unpaired) electrons. The van der Waals surface area contributed by atoms with E-state index >= 15 is 0 Å². The maximum absolute atomic E-state index is 5.45. The molecule has 0 aromatic carbocycles. The third kappa shape index (κ3) is 4.01. The van der Waals surface area contributed by atoms with Crippen molar-refractivity contribution in [3.05, 3.63) is 53.4 Å². The maximum Gasteiger partial charge on any atom is 0.185 e. The van der Waals surface area contributed by atoms with E-state index in [-0.39, 0.29) is 6.29 Å². The minimum Gasteiger partial charge on any atom is -0.346 e. The third-order valence-corrected chi connectivity index (χ3v) is 2.97. The zero-order valence-corrected chi connectivity index (χ0v) is 11.6. The predicted molar refractivity (Wildman–Crippen MR) is 75.8 cm³/mol. The summed E-state index contributed by atoms with van der Waals surface area (Å²) in [6.45, 7) is 5.51. The molecule has 1 aromatic heterocycles. The van der Waals surface area contributed by atoms with Crippen LogP contribution in [-0.4, -0.2) is 18.2 Å². The van der Waals surface area contributed by atoms with Crippen LogP contribution in [-0.2, 0) is 15.9 Å². The summed E-state index contributed by atoms with van der Waals surface area (Å²) in [6, 6.07) is 4.09. The van der Waals surface area contributed by atoms with Crippen LogP contribution in [0.2, 0.25) is 0 Å². The van der Waals surface area contributed by atoms with Crippen molar-refractivity contribution in [2.24, 2.45) is 0 Å². The molecule has 1 saturated heterocycles. The summed E-state index contributed by atoms with van der Waals surface area (Å²) in [5.74, 6) is 0. The number of allylic oxidation sites excluding steroid dienone is 4. The van der Waals surface area contributed by atoms with Crippen LogP contribution >= 0.6 is 0 Å². The molecule has 0 aliphatic carbocycles. The summed E-state index contributed by atoms with van der Waals surface area (Å²) in [6.07, 6.45) is 9.97. The molecule has 19 heavy (non-hydrogen) atoms. The van der Waals surface area contributed by atoms with Gasteiger partial charge in [-0.25, -0.2) is 0 Å². The van der Waals surface area contributed by atoms with Gasteiger partial charge in [-0.2, -0.15) is 0 Å². The normalized spacial score (nSPS) is 17.5. The number of hydrogen-bond donors (Lipinski definition) is 0. The van der Waals surface area contributed by atoms with Crippen LogP contribution in [0.1, 0.15) is 37.8 Å². The molecule has 3 nitrogen and oxygen atoms in total. The summed E-state index contributed by atoms with van der Waals surface area (Å²) in [5, 5.41) is 0. The van der Waals surface area contributed by atoms with E-state index in [9.17, 15) is 0 Å². The molecule has 1 fully saturated rings. The largest absolute Gasteiger partial charge is 0.346 e. The first-order valence-corrected chi connectivity index (χ1v) is 6.83. The molecule has 0 saturated carbocycles. The molecule has 0 unspecified atom stereocenters. The Hall–Kier alpha value is -1.45. The fourth-order valence-electron chi connectivity index (χ4n) is 2.12. The fraction of sp³-hybridized carbons (Fsp3) is 0.438. The Labute approximate surface area is 115 Å². The monoisotopic (exact) mass is 259 g/mol. The lowest BCUT2D eigenvalue weighted by Gasteiger charge is -2.09. The second-order valence-electron chi connectivity index (χ2n) is 4.52. The Balaban J connectivity index is 2.03. The second-order valence-corrected chi connectivity index (χ2v) is 4.52. The molecule has 3 heteroatoms. The SMILES string of the molecule is C/C=C\C(=C/CC)Cc1ccc(C2OCCO2)cn1. The zero-order valence-electron chi connectivity index (χ0n) is 11.6. The molecule has 102 valence electrons. The highest BCUT2D eigenvalue weighted by atomic mass is 16.7. The first-order valence-electron chi connectivity index (χ1n) is 6.83. The number of rotatable bonds is 5. The Kier molecular flexibility index (Phi) is 5.31. The highest BCUT2D eigenvalue weighted by Gasteiger charge is 2.18. The average molecular weight is 259 g/mol. The van der Waals surface area contributed by atoms with Gasteiger partial charge in [-0.3, -0.25) is 4.98 Å². The predicted octanol–water partition coefficient (Wildman–Crippen LogP) is 3.58. The first-order chi connectivity index (χ1) is 9.33. The lowest BCUT2D eigenvalue weighted by atomic mass is 10.1. The van der Waals surface area contributed by atoms with Gasteiger partial charge in [0.2, 0.25) is 0 Å².